The zero-order valence-corrected chi connectivity index (χ0v) is 10.9. The van der Waals surface area contributed by atoms with E-state index in [9.17, 15) is 4.79 Å². The number of carbonyl (C=O) groups excluding carboxylic acids is 1. The van der Waals surface area contributed by atoms with Crippen LogP contribution in [0.1, 0.15) is 38.7 Å². The van der Waals surface area contributed by atoms with Crippen molar-refractivity contribution in [3.05, 3.63) is 29.8 Å². The second kappa shape index (κ2) is 7.07. The number of hydrogen-bond acceptors (Lipinski definition) is 2. The summed E-state index contributed by atoms with van der Waals surface area (Å²) in [4.78, 5) is 11.7. The average Bonchev–Trinajstić information content (AvgIpc) is 2.29. The summed E-state index contributed by atoms with van der Waals surface area (Å²) in [6, 6.07) is 7.97. The van der Waals surface area contributed by atoms with E-state index in [1.54, 1.807) is 0 Å². The van der Waals surface area contributed by atoms with Gasteiger partial charge in [0, 0.05) is 18.7 Å². The third-order valence-corrected chi connectivity index (χ3v) is 2.64. The maximum atomic E-state index is 11.7. The first-order chi connectivity index (χ1) is 8.15. The van der Waals surface area contributed by atoms with Crippen LogP contribution in [-0.4, -0.2) is 19.0 Å². The number of amides is 1. The van der Waals surface area contributed by atoms with E-state index in [-0.39, 0.29) is 5.91 Å². The highest BCUT2D eigenvalue weighted by Crippen LogP contribution is 2.23. The lowest BCUT2D eigenvalue weighted by molar-refractivity contribution is -0.116. The Morgan fingerprint density at radius 3 is 2.65 bits per heavy atom. The van der Waals surface area contributed by atoms with Gasteiger partial charge in [0.1, 0.15) is 0 Å². The molecule has 0 spiro atoms. The van der Waals surface area contributed by atoms with Gasteiger partial charge >= 0.3 is 0 Å². The lowest BCUT2D eigenvalue weighted by Crippen LogP contribution is -2.21. The fraction of sp³-hybridized carbons (Fsp3) is 0.500. The Bertz CT molecular complexity index is 361. The van der Waals surface area contributed by atoms with Crippen molar-refractivity contribution in [2.45, 2.75) is 33.1 Å². The molecule has 1 aromatic rings. The molecule has 94 valence electrons. The number of nitrogens with one attached hydrogen (secondary N) is 2. The first-order valence-electron chi connectivity index (χ1n) is 6.24. The summed E-state index contributed by atoms with van der Waals surface area (Å²) in [5.41, 5.74) is 2.12. The molecular formula is C14H22N2O. The van der Waals surface area contributed by atoms with E-state index in [0.717, 1.165) is 18.8 Å². The summed E-state index contributed by atoms with van der Waals surface area (Å²) in [5, 5.41) is 6.11. The molecule has 0 bridgehead atoms. The maximum Gasteiger partial charge on any atom is 0.225 e. The highest BCUT2D eigenvalue weighted by atomic mass is 16.1. The molecule has 0 saturated carbocycles. The van der Waals surface area contributed by atoms with Crippen molar-refractivity contribution < 1.29 is 4.79 Å². The molecule has 0 saturated heterocycles. The first kappa shape index (κ1) is 13.7. The largest absolute Gasteiger partial charge is 0.326 e. The minimum absolute atomic E-state index is 0.0686. The molecule has 1 amide bonds. The van der Waals surface area contributed by atoms with Crippen LogP contribution >= 0.6 is 0 Å². The van der Waals surface area contributed by atoms with Gasteiger partial charge in [-0.3, -0.25) is 4.79 Å². The average molecular weight is 234 g/mol. The van der Waals surface area contributed by atoms with Gasteiger partial charge in [0.25, 0.3) is 0 Å². The Labute approximate surface area is 104 Å². The van der Waals surface area contributed by atoms with Crippen LogP contribution in [-0.2, 0) is 4.79 Å². The number of rotatable bonds is 6. The Morgan fingerprint density at radius 1 is 1.29 bits per heavy atom. The van der Waals surface area contributed by atoms with Gasteiger partial charge in [-0.05, 0) is 24.1 Å². The molecule has 0 aromatic heterocycles. The Hall–Kier alpha value is -1.35. The highest BCUT2D eigenvalue weighted by Gasteiger charge is 2.08. The van der Waals surface area contributed by atoms with Crippen molar-refractivity contribution in [1.29, 1.82) is 0 Å². The summed E-state index contributed by atoms with van der Waals surface area (Å²) in [7, 11) is 0. The van der Waals surface area contributed by atoms with Crippen LogP contribution in [0, 0.1) is 0 Å². The van der Waals surface area contributed by atoms with E-state index in [0.29, 0.717) is 12.3 Å². The fourth-order valence-electron chi connectivity index (χ4n) is 1.71. The lowest BCUT2D eigenvalue weighted by atomic mass is 10.0. The van der Waals surface area contributed by atoms with Gasteiger partial charge in [-0.2, -0.15) is 0 Å². The summed E-state index contributed by atoms with van der Waals surface area (Å²) < 4.78 is 0. The molecule has 3 nitrogen and oxygen atoms in total. The molecule has 2 N–H and O–H groups in total. The molecule has 0 atom stereocenters. The summed E-state index contributed by atoms with van der Waals surface area (Å²) in [5.74, 6) is 0.485. The highest BCUT2D eigenvalue weighted by molar-refractivity contribution is 5.91. The van der Waals surface area contributed by atoms with Crippen LogP contribution < -0.4 is 10.6 Å². The second-order valence-corrected chi connectivity index (χ2v) is 4.39. The monoisotopic (exact) mass is 234 g/mol. The number of para-hydroxylation sites is 1. The first-order valence-corrected chi connectivity index (χ1v) is 6.24. The third kappa shape index (κ3) is 4.57. The van der Waals surface area contributed by atoms with Crippen LogP contribution in [0.3, 0.4) is 0 Å². The van der Waals surface area contributed by atoms with Gasteiger partial charge in [-0.1, -0.05) is 39.0 Å². The number of hydrogen-bond donors (Lipinski definition) is 2. The van der Waals surface area contributed by atoms with Crippen molar-refractivity contribution in [2.75, 3.05) is 18.4 Å². The van der Waals surface area contributed by atoms with Crippen LogP contribution in [0.15, 0.2) is 24.3 Å². The van der Waals surface area contributed by atoms with Crippen molar-refractivity contribution in [3.8, 4) is 0 Å². The van der Waals surface area contributed by atoms with E-state index in [2.05, 4.69) is 30.5 Å². The van der Waals surface area contributed by atoms with Gasteiger partial charge in [0.2, 0.25) is 5.91 Å². The van der Waals surface area contributed by atoms with Gasteiger partial charge in [0.15, 0.2) is 0 Å². The Morgan fingerprint density at radius 2 is 2.00 bits per heavy atom. The molecule has 0 radical (unpaired) electrons. The van der Waals surface area contributed by atoms with Gasteiger partial charge in [-0.25, -0.2) is 0 Å². The molecule has 0 aliphatic rings. The van der Waals surface area contributed by atoms with Crippen LogP contribution in [0.5, 0.6) is 0 Å². The maximum absolute atomic E-state index is 11.7. The molecule has 3 heteroatoms. The van der Waals surface area contributed by atoms with Gasteiger partial charge in [-0.15, -0.1) is 0 Å². The Balaban J connectivity index is 2.58. The second-order valence-electron chi connectivity index (χ2n) is 4.39. The minimum Gasteiger partial charge on any atom is -0.326 e. The Kier molecular flexibility index (Phi) is 5.70. The topological polar surface area (TPSA) is 41.1 Å². The van der Waals surface area contributed by atoms with Crippen molar-refractivity contribution >= 4 is 11.6 Å². The molecule has 0 aliphatic heterocycles. The predicted octanol–water partition coefficient (Wildman–Crippen LogP) is 2.75. The van der Waals surface area contributed by atoms with Gasteiger partial charge < -0.3 is 10.6 Å². The number of anilines is 1. The minimum atomic E-state index is 0.0686. The lowest BCUT2D eigenvalue weighted by Gasteiger charge is -2.13. The van der Waals surface area contributed by atoms with Crippen molar-refractivity contribution in [2.24, 2.45) is 0 Å². The molecule has 0 fully saturated rings. The van der Waals surface area contributed by atoms with E-state index in [1.807, 2.05) is 25.1 Å². The number of benzene rings is 1. The van der Waals surface area contributed by atoms with Crippen LogP contribution in [0.25, 0.3) is 0 Å². The molecular weight excluding hydrogens is 212 g/mol. The zero-order valence-electron chi connectivity index (χ0n) is 10.9. The van der Waals surface area contributed by atoms with E-state index < -0.39 is 0 Å². The summed E-state index contributed by atoms with van der Waals surface area (Å²) >= 11 is 0. The number of carbonyl (C=O) groups is 1. The smallest absolute Gasteiger partial charge is 0.225 e. The van der Waals surface area contributed by atoms with Crippen molar-refractivity contribution in [3.63, 3.8) is 0 Å². The van der Waals surface area contributed by atoms with E-state index >= 15 is 0 Å². The van der Waals surface area contributed by atoms with E-state index in [1.165, 1.54) is 5.56 Å². The predicted molar refractivity (Wildman–Crippen MR) is 72.3 cm³/mol. The SMILES string of the molecule is CCNCCC(=O)Nc1ccccc1C(C)C. The van der Waals surface area contributed by atoms with E-state index in [4.69, 9.17) is 0 Å². The van der Waals surface area contributed by atoms with Crippen LogP contribution in [0.4, 0.5) is 5.69 Å². The molecule has 1 aromatic carbocycles. The summed E-state index contributed by atoms with van der Waals surface area (Å²) in [6.07, 6.45) is 0.514. The summed E-state index contributed by atoms with van der Waals surface area (Å²) in [6.45, 7) is 7.92. The van der Waals surface area contributed by atoms with Crippen molar-refractivity contribution in [1.82, 2.24) is 5.32 Å². The molecule has 0 heterocycles. The quantitative estimate of drug-likeness (QED) is 0.743. The van der Waals surface area contributed by atoms with Gasteiger partial charge in [0.05, 0.1) is 0 Å². The molecule has 1 rings (SSSR count). The normalized spacial score (nSPS) is 10.6. The molecule has 0 unspecified atom stereocenters. The fourth-order valence-corrected chi connectivity index (χ4v) is 1.71. The third-order valence-electron chi connectivity index (χ3n) is 2.64. The van der Waals surface area contributed by atoms with Crippen LogP contribution in [0.2, 0.25) is 0 Å². The molecule has 17 heavy (non-hydrogen) atoms. The standard InChI is InChI=1S/C14H22N2O/c1-4-15-10-9-14(17)16-13-8-6-5-7-12(13)11(2)3/h5-8,11,15H,4,9-10H2,1-3H3,(H,16,17). The zero-order chi connectivity index (χ0) is 12.7. The molecule has 0 aliphatic carbocycles.